The Morgan fingerprint density at radius 3 is 2.38 bits per heavy atom. The van der Waals surface area contributed by atoms with E-state index >= 15 is 0 Å². The first-order chi connectivity index (χ1) is 9.99. The van der Waals surface area contributed by atoms with Gasteiger partial charge >= 0.3 is 6.18 Å². The summed E-state index contributed by atoms with van der Waals surface area (Å²) in [5, 5.41) is 4.25. The Hall–Kier alpha value is -1.59. The van der Waals surface area contributed by atoms with Gasteiger partial charge in [-0.15, -0.1) is 0 Å². The first-order valence-corrected chi connectivity index (χ1v) is 7.32. The van der Waals surface area contributed by atoms with Gasteiger partial charge in [-0.2, -0.15) is 18.3 Å². The van der Waals surface area contributed by atoms with Gasteiger partial charge in [0.1, 0.15) is 6.54 Å². The van der Waals surface area contributed by atoms with Crippen molar-refractivity contribution in [3.63, 3.8) is 0 Å². The normalized spacial score (nSPS) is 14.0. The van der Waals surface area contributed by atoms with Crippen LogP contribution in [0.1, 0.15) is 40.0 Å². The molecule has 1 saturated carbocycles. The molecule has 0 saturated heterocycles. The molecule has 0 atom stereocenters. The Morgan fingerprint density at radius 1 is 1.24 bits per heavy atom. The molecule has 1 aliphatic rings. The van der Waals surface area contributed by atoms with E-state index in [-0.39, 0.29) is 0 Å². The lowest BCUT2D eigenvalue weighted by Crippen LogP contribution is -2.18. The Bertz CT molecular complexity index is 530. The second kappa shape index (κ2) is 8.00. The second-order valence-electron chi connectivity index (χ2n) is 4.70. The number of alkyl halides is 3. The summed E-state index contributed by atoms with van der Waals surface area (Å²) in [6.45, 7) is 5.19. The lowest BCUT2D eigenvalue weighted by atomic mass is 10.3. The maximum absolute atomic E-state index is 12.1. The molecule has 3 rings (SSSR count). The highest BCUT2D eigenvalue weighted by Crippen LogP contribution is 2.31. The molecule has 3 nitrogen and oxygen atoms in total. The number of hydrogen-bond acceptors (Lipinski definition) is 2. The highest BCUT2D eigenvalue weighted by Gasteiger charge is 2.28. The van der Waals surface area contributed by atoms with Crippen LogP contribution in [0.15, 0.2) is 24.7 Å². The maximum Gasteiger partial charge on any atom is 0.408 e. The van der Waals surface area contributed by atoms with Crippen LogP contribution < -0.4 is 0 Å². The van der Waals surface area contributed by atoms with Gasteiger partial charge in [-0.25, -0.2) is 0 Å². The van der Waals surface area contributed by atoms with Crippen LogP contribution >= 0.6 is 0 Å². The van der Waals surface area contributed by atoms with Crippen molar-refractivity contribution >= 4 is 10.9 Å². The van der Waals surface area contributed by atoms with E-state index < -0.39 is 12.7 Å². The second-order valence-corrected chi connectivity index (χ2v) is 4.70. The van der Waals surface area contributed by atoms with Gasteiger partial charge in [-0.05, 0) is 12.0 Å². The van der Waals surface area contributed by atoms with Crippen molar-refractivity contribution < 1.29 is 13.2 Å². The van der Waals surface area contributed by atoms with E-state index in [1.165, 1.54) is 43.9 Å². The van der Waals surface area contributed by atoms with Crippen LogP contribution in [0.2, 0.25) is 0 Å². The van der Waals surface area contributed by atoms with Crippen molar-refractivity contribution in [2.24, 2.45) is 5.92 Å². The van der Waals surface area contributed by atoms with Gasteiger partial charge in [0.15, 0.2) is 0 Å². The number of hydrogen-bond donors (Lipinski definition) is 0. The van der Waals surface area contributed by atoms with Crippen molar-refractivity contribution in [1.82, 2.24) is 14.8 Å². The van der Waals surface area contributed by atoms with Crippen LogP contribution in [0.4, 0.5) is 13.2 Å². The van der Waals surface area contributed by atoms with Gasteiger partial charge < -0.3 is 0 Å². The SMILES string of the molecule is CC.CCC1CC1.FC(F)(F)Cn1ncc2cnccc21. The molecule has 1 fully saturated rings. The standard InChI is InChI=1S/C8H6F3N3.C5H10.C2H6/c9-8(10,11)5-14-7-1-2-12-3-6(7)4-13-14;1-2-5-3-4-5;1-2/h1-4H,5H2;5H,2-4H2,1H3;1-2H3. The first kappa shape index (κ1) is 17.5. The molecule has 0 amide bonds. The van der Waals surface area contributed by atoms with Gasteiger partial charge in [0, 0.05) is 17.8 Å². The highest BCUT2D eigenvalue weighted by atomic mass is 19.4. The number of fused-ring (bicyclic) bond motifs is 1. The minimum atomic E-state index is -4.25. The molecule has 1 aliphatic carbocycles. The van der Waals surface area contributed by atoms with Crippen molar-refractivity contribution in [2.75, 3.05) is 0 Å². The molecule has 0 spiro atoms. The van der Waals surface area contributed by atoms with E-state index in [0.717, 1.165) is 10.6 Å². The summed E-state index contributed by atoms with van der Waals surface area (Å²) >= 11 is 0. The van der Waals surface area contributed by atoms with Crippen LogP contribution in [0.3, 0.4) is 0 Å². The monoisotopic (exact) mass is 301 g/mol. The molecule has 2 aromatic rings. The molecule has 0 bridgehead atoms. The fourth-order valence-corrected chi connectivity index (χ4v) is 1.75. The van der Waals surface area contributed by atoms with Gasteiger partial charge in [0.2, 0.25) is 0 Å². The van der Waals surface area contributed by atoms with E-state index in [0.29, 0.717) is 10.9 Å². The fourth-order valence-electron chi connectivity index (χ4n) is 1.75. The maximum atomic E-state index is 12.1. The average molecular weight is 301 g/mol. The summed E-state index contributed by atoms with van der Waals surface area (Å²) in [6, 6.07) is 1.51. The minimum Gasteiger partial charge on any atom is -0.264 e. The van der Waals surface area contributed by atoms with E-state index in [9.17, 15) is 13.2 Å². The number of pyridine rings is 1. The molecule has 2 heterocycles. The van der Waals surface area contributed by atoms with Crippen LogP contribution in [0, 0.1) is 5.92 Å². The van der Waals surface area contributed by atoms with E-state index in [2.05, 4.69) is 17.0 Å². The lowest BCUT2D eigenvalue weighted by Gasteiger charge is -2.06. The predicted molar refractivity (Wildman–Crippen MR) is 77.9 cm³/mol. The molecule has 21 heavy (non-hydrogen) atoms. The number of rotatable bonds is 2. The average Bonchev–Trinajstić information content (AvgIpc) is 3.23. The molecule has 118 valence electrons. The quantitative estimate of drug-likeness (QED) is 0.795. The Morgan fingerprint density at radius 2 is 1.90 bits per heavy atom. The Labute approximate surface area is 123 Å². The van der Waals surface area contributed by atoms with Crippen LogP contribution in [-0.4, -0.2) is 20.9 Å². The third-order valence-corrected chi connectivity index (χ3v) is 3.05. The van der Waals surface area contributed by atoms with Crippen molar-refractivity contribution in [2.45, 2.75) is 52.8 Å². The van der Waals surface area contributed by atoms with Crippen LogP contribution in [-0.2, 0) is 6.54 Å². The number of nitrogens with zero attached hydrogens (tertiary/aromatic N) is 3. The van der Waals surface area contributed by atoms with E-state index in [1.54, 1.807) is 0 Å². The summed E-state index contributed by atoms with van der Waals surface area (Å²) in [7, 11) is 0. The molecule has 0 aromatic carbocycles. The zero-order chi connectivity index (χ0) is 15.9. The molecular weight excluding hydrogens is 279 g/mol. The molecule has 0 radical (unpaired) electrons. The third-order valence-electron chi connectivity index (χ3n) is 3.05. The summed E-state index contributed by atoms with van der Waals surface area (Å²) in [6.07, 6.45) is 4.48. The minimum absolute atomic E-state index is 0.442. The summed E-state index contributed by atoms with van der Waals surface area (Å²) in [5.74, 6) is 1.13. The molecule has 0 aliphatic heterocycles. The lowest BCUT2D eigenvalue weighted by molar-refractivity contribution is -0.141. The topological polar surface area (TPSA) is 30.7 Å². The largest absolute Gasteiger partial charge is 0.408 e. The Kier molecular flexibility index (Phi) is 6.65. The van der Waals surface area contributed by atoms with Gasteiger partial charge in [0.25, 0.3) is 0 Å². The summed E-state index contributed by atoms with van der Waals surface area (Å²) in [4.78, 5) is 3.79. The summed E-state index contributed by atoms with van der Waals surface area (Å²) < 4.78 is 37.1. The van der Waals surface area contributed by atoms with Crippen molar-refractivity contribution in [3.05, 3.63) is 24.7 Å². The molecule has 6 heteroatoms. The van der Waals surface area contributed by atoms with Crippen molar-refractivity contribution in [1.29, 1.82) is 0 Å². The zero-order valence-electron chi connectivity index (χ0n) is 12.7. The van der Waals surface area contributed by atoms with Crippen LogP contribution in [0.25, 0.3) is 10.9 Å². The molecule has 0 unspecified atom stereocenters. The summed E-state index contributed by atoms with van der Waals surface area (Å²) in [5.41, 5.74) is 0.442. The molecule has 0 N–H and O–H groups in total. The van der Waals surface area contributed by atoms with Crippen molar-refractivity contribution in [3.8, 4) is 0 Å². The zero-order valence-corrected chi connectivity index (χ0v) is 12.7. The smallest absolute Gasteiger partial charge is 0.264 e. The highest BCUT2D eigenvalue weighted by molar-refractivity contribution is 5.77. The van der Waals surface area contributed by atoms with E-state index in [1.807, 2.05) is 13.8 Å². The molecular formula is C15H22F3N3. The van der Waals surface area contributed by atoms with Gasteiger partial charge in [-0.3, -0.25) is 9.67 Å². The van der Waals surface area contributed by atoms with Gasteiger partial charge in [-0.1, -0.05) is 40.0 Å². The van der Waals surface area contributed by atoms with Crippen LogP contribution in [0.5, 0.6) is 0 Å². The van der Waals surface area contributed by atoms with Gasteiger partial charge in [0.05, 0.1) is 11.7 Å². The number of halogens is 3. The number of aromatic nitrogens is 3. The third kappa shape index (κ3) is 6.14. The van der Waals surface area contributed by atoms with E-state index in [4.69, 9.17) is 0 Å². The Balaban J connectivity index is 0.000000263. The molecule has 2 aromatic heterocycles. The fraction of sp³-hybridized carbons (Fsp3) is 0.600. The first-order valence-electron chi connectivity index (χ1n) is 7.32. The predicted octanol–water partition coefficient (Wildman–Crippen LogP) is 4.83.